The van der Waals surface area contributed by atoms with Crippen LogP contribution in [0.15, 0.2) is 27.6 Å². The minimum Gasteiger partial charge on any atom is -0.355 e. The van der Waals surface area contributed by atoms with Crippen LogP contribution in [0.4, 0.5) is 0 Å². The lowest BCUT2D eigenvalue weighted by Crippen LogP contribution is -2.28. The first-order chi connectivity index (χ1) is 7.63. The molecule has 88 valence electrons. The van der Waals surface area contributed by atoms with Gasteiger partial charge in [0.2, 0.25) is 5.91 Å². The van der Waals surface area contributed by atoms with Crippen molar-refractivity contribution in [2.24, 2.45) is 0 Å². The molecule has 0 spiro atoms. The van der Waals surface area contributed by atoms with Crippen LogP contribution in [0.3, 0.4) is 0 Å². The predicted molar refractivity (Wildman–Crippen MR) is 69.9 cm³/mol. The standard InChI is InChI=1S/C10H13BrN2O2S/c11-8-1-2-10(15)13(7-8)5-3-9(14)12-4-6-16/h1-2,7,16H,3-6H2,(H,12,14). The molecule has 0 unspecified atom stereocenters. The lowest BCUT2D eigenvalue weighted by Gasteiger charge is -2.06. The van der Waals surface area contributed by atoms with Gasteiger partial charge in [-0.1, -0.05) is 0 Å². The number of carbonyl (C=O) groups excluding carboxylic acids is 1. The Morgan fingerprint density at radius 2 is 2.25 bits per heavy atom. The normalized spacial score (nSPS) is 10.1. The van der Waals surface area contributed by atoms with E-state index in [2.05, 4.69) is 33.9 Å². The molecule has 0 radical (unpaired) electrons. The zero-order valence-corrected chi connectivity index (χ0v) is 11.1. The Morgan fingerprint density at radius 3 is 2.94 bits per heavy atom. The number of hydrogen-bond acceptors (Lipinski definition) is 3. The SMILES string of the molecule is O=C(CCn1cc(Br)ccc1=O)NCCS. The number of carbonyl (C=O) groups is 1. The van der Waals surface area contributed by atoms with Crippen molar-refractivity contribution in [3.8, 4) is 0 Å². The van der Waals surface area contributed by atoms with E-state index < -0.39 is 0 Å². The Kier molecular flexibility index (Phi) is 5.62. The topological polar surface area (TPSA) is 51.1 Å². The second-order valence-electron chi connectivity index (χ2n) is 3.20. The van der Waals surface area contributed by atoms with Gasteiger partial charge in [0.25, 0.3) is 5.56 Å². The molecule has 6 heteroatoms. The number of thiol groups is 1. The number of halogens is 1. The number of nitrogens with zero attached hydrogens (tertiary/aromatic N) is 1. The Morgan fingerprint density at radius 1 is 1.50 bits per heavy atom. The summed E-state index contributed by atoms with van der Waals surface area (Å²) in [5.41, 5.74) is -0.106. The van der Waals surface area contributed by atoms with Gasteiger partial charge in [-0.3, -0.25) is 9.59 Å². The molecule has 1 heterocycles. The summed E-state index contributed by atoms with van der Waals surface area (Å²) >= 11 is 7.26. The van der Waals surface area contributed by atoms with Crippen molar-refractivity contribution in [2.45, 2.75) is 13.0 Å². The highest BCUT2D eigenvalue weighted by Crippen LogP contribution is 2.04. The maximum atomic E-state index is 11.4. The van der Waals surface area contributed by atoms with E-state index in [9.17, 15) is 9.59 Å². The van der Waals surface area contributed by atoms with Crippen molar-refractivity contribution < 1.29 is 4.79 Å². The van der Waals surface area contributed by atoms with Gasteiger partial charge >= 0.3 is 0 Å². The van der Waals surface area contributed by atoms with Gasteiger partial charge < -0.3 is 9.88 Å². The summed E-state index contributed by atoms with van der Waals surface area (Å²) < 4.78 is 2.33. The summed E-state index contributed by atoms with van der Waals surface area (Å²) in [6.45, 7) is 0.937. The Hall–Kier alpha value is -0.750. The molecule has 4 nitrogen and oxygen atoms in total. The maximum Gasteiger partial charge on any atom is 0.250 e. The highest BCUT2D eigenvalue weighted by molar-refractivity contribution is 9.10. The molecule has 1 aromatic rings. The Labute approximate surface area is 108 Å². The molecule has 1 N–H and O–H groups in total. The van der Waals surface area contributed by atoms with Crippen molar-refractivity contribution in [1.29, 1.82) is 0 Å². The van der Waals surface area contributed by atoms with Crippen molar-refractivity contribution in [3.63, 3.8) is 0 Å². The van der Waals surface area contributed by atoms with E-state index in [-0.39, 0.29) is 11.5 Å². The number of amides is 1. The minimum atomic E-state index is -0.106. The summed E-state index contributed by atoms with van der Waals surface area (Å²) in [6, 6.07) is 3.15. The molecule has 0 saturated heterocycles. The second-order valence-corrected chi connectivity index (χ2v) is 4.57. The maximum absolute atomic E-state index is 11.4. The van der Waals surface area contributed by atoms with E-state index >= 15 is 0 Å². The van der Waals surface area contributed by atoms with Crippen molar-refractivity contribution in [3.05, 3.63) is 33.2 Å². The molecule has 0 aliphatic heterocycles. The fourth-order valence-corrected chi connectivity index (χ4v) is 1.67. The number of hydrogen-bond donors (Lipinski definition) is 2. The minimum absolute atomic E-state index is 0.0686. The molecule has 0 bridgehead atoms. The van der Waals surface area contributed by atoms with Crippen LogP contribution in [0, 0.1) is 0 Å². The smallest absolute Gasteiger partial charge is 0.250 e. The van der Waals surface area contributed by atoms with Crippen LogP contribution in [0.2, 0.25) is 0 Å². The van der Waals surface area contributed by atoms with Gasteiger partial charge in [-0.15, -0.1) is 0 Å². The second kappa shape index (κ2) is 6.75. The van der Waals surface area contributed by atoms with Gasteiger partial charge in [0.15, 0.2) is 0 Å². The number of rotatable bonds is 5. The molecule has 0 aromatic carbocycles. The first-order valence-electron chi connectivity index (χ1n) is 4.87. The summed E-state index contributed by atoms with van der Waals surface area (Å²) in [7, 11) is 0. The van der Waals surface area contributed by atoms with Crippen LogP contribution < -0.4 is 10.9 Å². The lowest BCUT2D eigenvalue weighted by molar-refractivity contribution is -0.121. The van der Waals surface area contributed by atoms with Gasteiger partial charge in [0, 0.05) is 42.0 Å². The van der Waals surface area contributed by atoms with E-state index in [1.807, 2.05) is 0 Å². The Bertz CT molecular complexity index is 420. The van der Waals surface area contributed by atoms with E-state index in [1.54, 1.807) is 12.3 Å². The third-order valence-corrected chi connectivity index (χ3v) is 2.65. The van der Waals surface area contributed by atoms with Crippen molar-refractivity contribution in [2.75, 3.05) is 12.3 Å². The molecule has 0 saturated carbocycles. The quantitative estimate of drug-likeness (QED) is 0.799. The van der Waals surface area contributed by atoms with Crippen LogP contribution >= 0.6 is 28.6 Å². The average molecular weight is 305 g/mol. The summed E-state index contributed by atoms with van der Waals surface area (Å²) in [4.78, 5) is 22.7. The summed E-state index contributed by atoms with van der Waals surface area (Å²) in [6.07, 6.45) is 1.97. The third kappa shape index (κ3) is 4.40. The lowest BCUT2D eigenvalue weighted by atomic mass is 10.3. The predicted octanol–water partition coefficient (Wildman–Crippen LogP) is 1.05. The van der Waals surface area contributed by atoms with E-state index in [1.165, 1.54) is 10.6 Å². The van der Waals surface area contributed by atoms with Gasteiger partial charge in [0.05, 0.1) is 0 Å². The average Bonchev–Trinajstić information content (AvgIpc) is 2.27. The molecule has 1 aromatic heterocycles. The highest BCUT2D eigenvalue weighted by Gasteiger charge is 2.02. The number of aryl methyl sites for hydroxylation is 1. The van der Waals surface area contributed by atoms with Crippen molar-refractivity contribution >= 4 is 34.5 Å². The number of nitrogens with one attached hydrogen (secondary N) is 1. The molecule has 0 aliphatic carbocycles. The first-order valence-corrected chi connectivity index (χ1v) is 6.29. The molecule has 0 fully saturated rings. The fourth-order valence-electron chi connectivity index (χ4n) is 1.18. The first kappa shape index (κ1) is 13.3. The summed E-state index contributed by atoms with van der Waals surface area (Å²) in [5, 5.41) is 2.69. The van der Waals surface area contributed by atoms with Gasteiger partial charge in [-0.05, 0) is 22.0 Å². The molecule has 1 rings (SSSR count). The fraction of sp³-hybridized carbons (Fsp3) is 0.400. The molecule has 0 aliphatic rings. The van der Waals surface area contributed by atoms with Crippen LogP contribution in [-0.4, -0.2) is 22.8 Å². The third-order valence-electron chi connectivity index (χ3n) is 1.96. The molecule has 16 heavy (non-hydrogen) atoms. The Balaban J connectivity index is 2.51. The van der Waals surface area contributed by atoms with Crippen molar-refractivity contribution in [1.82, 2.24) is 9.88 Å². The number of aromatic nitrogens is 1. The monoisotopic (exact) mass is 304 g/mol. The van der Waals surface area contributed by atoms with Crippen LogP contribution in [0.1, 0.15) is 6.42 Å². The molecular formula is C10H13BrN2O2S. The van der Waals surface area contributed by atoms with E-state index in [0.29, 0.717) is 25.3 Å². The highest BCUT2D eigenvalue weighted by atomic mass is 79.9. The van der Waals surface area contributed by atoms with Crippen LogP contribution in [0.5, 0.6) is 0 Å². The zero-order chi connectivity index (χ0) is 12.0. The van der Waals surface area contributed by atoms with Crippen LogP contribution in [0.25, 0.3) is 0 Å². The molecule has 0 atom stereocenters. The largest absolute Gasteiger partial charge is 0.355 e. The van der Waals surface area contributed by atoms with Gasteiger partial charge in [-0.2, -0.15) is 12.6 Å². The summed E-state index contributed by atoms with van der Waals surface area (Å²) in [5.74, 6) is 0.545. The van der Waals surface area contributed by atoms with Gasteiger partial charge in [0.1, 0.15) is 0 Å². The van der Waals surface area contributed by atoms with Crippen LogP contribution in [-0.2, 0) is 11.3 Å². The van der Waals surface area contributed by atoms with E-state index in [4.69, 9.17) is 0 Å². The molecule has 1 amide bonds. The molecular weight excluding hydrogens is 292 g/mol. The van der Waals surface area contributed by atoms with Gasteiger partial charge in [-0.25, -0.2) is 0 Å². The zero-order valence-electron chi connectivity index (χ0n) is 8.65. The van der Waals surface area contributed by atoms with E-state index in [0.717, 1.165) is 4.47 Å². The number of pyridine rings is 1.